The van der Waals surface area contributed by atoms with Crippen LogP contribution in [0.4, 0.5) is 4.79 Å². The number of esters is 1. The average Bonchev–Trinajstić information content (AvgIpc) is 2.91. The summed E-state index contributed by atoms with van der Waals surface area (Å²) in [5, 5.41) is 6.26. The minimum atomic E-state index is -1.24. The van der Waals surface area contributed by atoms with E-state index in [-0.39, 0.29) is 18.4 Å². The Morgan fingerprint density at radius 2 is 1.54 bits per heavy atom. The van der Waals surface area contributed by atoms with Crippen LogP contribution in [0.5, 0.6) is 5.75 Å². The fraction of sp³-hybridized carbons (Fsp3) is 0.531. The van der Waals surface area contributed by atoms with E-state index in [1.54, 1.807) is 71.0 Å². The minimum Gasteiger partial charge on any atom is -0.476 e. The van der Waals surface area contributed by atoms with Crippen LogP contribution in [0.2, 0.25) is 5.02 Å². The van der Waals surface area contributed by atoms with E-state index in [4.69, 9.17) is 25.8 Å². The van der Waals surface area contributed by atoms with Crippen molar-refractivity contribution in [3.63, 3.8) is 0 Å². The number of alkyl carbamates (subject to hydrolysis) is 1. The third-order valence-electron chi connectivity index (χ3n) is 6.87. The summed E-state index contributed by atoms with van der Waals surface area (Å²) in [6, 6.07) is 14.1. The molecule has 0 saturated heterocycles. The molecule has 41 heavy (non-hydrogen) atoms. The van der Waals surface area contributed by atoms with Gasteiger partial charge in [0.25, 0.3) is 5.91 Å². The molecule has 2 N–H and O–H groups in total. The van der Waals surface area contributed by atoms with E-state index in [0.29, 0.717) is 29.3 Å². The molecule has 3 rings (SSSR count). The van der Waals surface area contributed by atoms with Crippen molar-refractivity contribution in [2.24, 2.45) is 5.92 Å². The first-order chi connectivity index (χ1) is 19.3. The van der Waals surface area contributed by atoms with Crippen LogP contribution in [0, 0.1) is 5.92 Å². The van der Waals surface area contributed by atoms with Crippen molar-refractivity contribution in [1.82, 2.24) is 10.6 Å². The second-order valence-electron chi connectivity index (χ2n) is 12.0. The van der Waals surface area contributed by atoms with Crippen LogP contribution in [0.25, 0.3) is 0 Å². The summed E-state index contributed by atoms with van der Waals surface area (Å²) < 4.78 is 17.4. The average molecular weight is 587 g/mol. The number of nitrogens with one attached hydrogen (secondary N) is 2. The molecular formula is C32H43ClN2O6. The Bertz CT molecular complexity index is 1150. The molecular weight excluding hydrogens is 544 g/mol. The van der Waals surface area contributed by atoms with Crippen LogP contribution in [0.15, 0.2) is 48.5 Å². The monoisotopic (exact) mass is 586 g/mol. The Labute approximate surface area is 248 Å². The maximum absolute atomic E-state index is 13.3. The second kappa shape index (κ2) is 14.6. The van der Waals surface area contributed by atoms with Crippen molar-refractivity contribution in [2.45, 2.75) is 90.4 Å². The van der Waals surface area contributed by atoms with E-state index in [2.05, 4.69) is 10.6 Å². The van der Waals surface area contributed by atoms with Gasteiger partial charge in [0.05, 0.1) is 6.54 Å². The topological polar surface area (TPSA) is 103 Å². The van der Waals surface area contributed by atoms with E-state index in [0.717, 1.165) is 37.7 Å². The van der Waals surface area contributed by atoms with E-state index in [1.165, 1.54) is 0 Å². The van der Waals surface area contributed by atoms with Gasteiger partial charge in [-0.2, -0.15) is 0 Å². The molecule has 0 bridgehead atoms. The van der Waals surface area contributed by atoms with Crippen molar-refractivity contribution in [1.29, 1.82) is 0 Å². The highest BCUT2D eigenvalue weighted by Crippen LogP contribution is 2.29. The molecule has 0 heterocycles. The van der Waals surface area contributed by atoms with Gasteiger partial charge in [-0.15, -0.1) is 0 Å². The van der Waals surface area contributed by atoms with Crippen molar-refractivity contribution >= 4 is 29.6 Å². The van der Waals surface area contributed by atoms with E-state index < -0.39 is 29.4 Å². The van der Waals surface area contributed by atoms with Gasteiger partial charge in [0.15, 0.2) is 5.60 Å². The smallest absolute Gasteiger partial charge is 0.407 e. The quantitative estimate of drug-likeness (QED) is 0.292. The molecule has 0 radical (unpaired) electrons. The van der Waals surface area contributed by atoms with Gasteiger partial charge in [-0.1, -0.05) is 43.0 Å². The number of hydrogen-bond donors (Lipinski definition) is 2. The van der Waals surface area contributed by atoms with Gasteiger partial charge in [0, 0.05) is 17.1 Å². The molecule has 9 heteroatoms. The van der Waals surface area contributed by atoms with Crippen LogP contribution < -0.4 is 15.4 Å². The van der Waals surface area contributed by atoms with Gasteiger partial charge in [-0.3, -0.25) is 4.79 Å². The molecule has 0 aliphatic heterocycles. The number of halogens is 1. The largest absolute Gasteiger partial charge is 0.476 e. The highest BCUT2D eigenvalue weighted by molar-refractivity contribution is 6.30. The predicted molar refractivity (Wildman–Crippen MR) is 159 cm³/mol. The highest BCUT2D eigenvalue weighted by atomic mass is 35.5. The molecule has 1 aliphatic carbocycles. The standard InChI is InChI=1S/C32H43ClN2O6/c1-31(2,3)41-30(38)35-21-27(23-9-7-6-8-10-23)39-29(37)32(4,5)40-26-17-11-22(12-18-26)19-20-34-28(36)24-13-15-25(33)16-14-24/h11-18,23,27H,6-10,19-21H2,1-5H3,(H,34,36)(H,35,38). The lowest BCUT2D eigenvalue weighted by Crippen LogP contribution is -2.47. The summed E-state index contributed by atoms with van der Waals surface area (Å²) in [4.78, 5) is 37.8. The molecule has 1 fully saturated rings. The number of ether oxygens (including phenoxy) is 3. The molecule has 0 spiro atoms. The predicted octanol–water partition coefficient (Wildman–Crippen LogP) is 6.49. The molecule has 1 aliphatic rings. The lowest BCUT2D eigenvalue weighted by Gasteiger charge is -2.33. The molecule has 1 saturated carbocycles. The molecule has 224 valence electrons. The molecule has 2 aromatic rings. The lowest BCUT2D eigenvalue weighted by atomic mass is 9.85. The van der Waals surface area contributed by atoms with Crippen molar-refractivity contribution in [3.8, 4) is 5.75 Å². The van der Waals surface area contributed by atoms with Gasteiger partial charge < -0.3 is 24.8 Å². The van der Waals surface area contributed by atoms with Crippen LogP contribution in [0.3, 0.4) is 0 Å². The molecule has 2 amide bonds. The first-order valence-corrected chi connectivity index (χ1v) is 14.7. The zero-order valence-corrected chi connectivity index (χ0v) is 25.5. The van der Waals surface area contributed by atoms with Crippen molar-refractivity contribution in [3.05, 3.63) is 64.7 Å². The minimum absolute atomic E-state index is 0.158. The Hall–Kier alpha value is -3.26. The third kappa shape index (κ3) is 10.9. The third-order valence-corrected chi connectivity index (χ3v) is 7.13. The Balaban J connectivity index is 1.53. The molecule has 1 atom stereocenters. The van der Waals surface area contributed by atoms with Crippen LogP contribution in [-0.4, -0.2) is 48.4 Å². The normalized spacial score (nSPS) is 15.0. The summed E-state index contributed by atoms with van der Waals surface area (Å²) in [5.74, 6) is 0.0441. The number of hydrogen-bond acceptors (Lipinski definition) is 6. The Morgan fingerprint density at radius 1 is 0.902 bits per heavy atom. The number of rotatable bonds is 11. The fourth-order valence-electron chi connectivity index (χ4n) is 4.67. The lowest BCUT2D eigenvalue weighted by molar-refractivity contribution is -0.168. The maximum atomic E-state index is 13.3. The summed E-state index contributed by atoms with van der Waals surface area (Å²) in [7, 11) is 0. The first kappa shape index (κ1) is 32.3. The molecule has 8 nitrogen and oxygen atoms in total. The van der Waals surface area contributed by atoms with E-state index in [9.17, 15) is 14.4 Å². The van der Waals surface area contributed by atoms with Gasteiger partial charge >= 0.3 is 12.1 Å². The van der Waals surface area contributed by atoms with Crippen LogP contribution in [-0.2, 0) is 20.7 Å². The zero-order valence-electron chi connectivity index (χ0n) is 24.8. The number of benzene rings is 2. The molecule has 0 aromatic heterocycles. The second-order valence-corrected chi connectivity index (χ2v) is 12.4. The first-order valence-electron chi connectivity index (χ1n) is 14.3. The molecule has 1 unspecified atom stereocenters. The summed E-state index contributed by atoms with van der Waals surface area (Å²) in [6.45, 7) is 9.42. The maximum Gasteiger partial charge on any atom is 0.407 e. The van der Waals surface area contributed by atoms with E-state index in [1.807, 2.05) is 12.1 Å². The van der Waals surface area contributed by atoms with Crippen molar-refractivity contribution in [2.75, 3.05) is 13.1 Å². The Kier molecular flexibility index (Phi) is 11.5. The summed E-state index contributed by atoms with van der Waals surface area (Å²) in [6.07, 6.45) is 4.82. The highest BCUT2D eigenvalue weighted by Gasteiger charge is 2.36. The number of amides is 2. The zero-order chi connectivity index (χ0) is 30.0. The SMILES string of the molecule is CC(C)(C)OC(=O)NCC(OC(=O)C(C)(C)Oc1ccc(CCNC(=O)c2ccc(Cl)cc2)cc1)C1CCCCC1. The summed E-state index contributed by atoms with van der Waals surface area (Å²) >= 11 is 5.88. The van der Waals surface area contributed by atoms with Gasteiger partial charge in [-0.25, -0.2) is 9.59 Å². The van der Waals surface area contributed by atoms with Crippen molar-refractivity contribution < 1.29 is 28.6 Å². The van der Waals surface area contributed by atoms with E-state index >= 15 is 0 Å². The summed E-state index contributed by atoms with van der Waals surface area (Å²) in [5.41, 5.74) is -0.289. The number of carbonyl (C=O) groups is 3. The van der Waals surface area contributed by atoms with Gasteiger partial charge in [0.1, 0.15) is 17.5 Å². The molecule has 2 aromatic carbocycles. The Morgan fingerprint density at radius 3 is 2.15 bits per heavy atom. The van der Waals surface area contributed by atoms with Gasteiger partial charge in [-0.05, 0) is 102 Å². The fourth-order valence-corrected chi connectivity index (χ4v) is 4.80. The number of carbonyl (C=O) groups excluding carboxylic acids is 3. The van der Waals surface area contributed by atoms with Crippen LogP contribution in [0.1, 0.15) is 82.6 Å². The van der Waals surface area contributed by atoms with Gasteiger partial charge in [0.2, 0.25) is 0 Å². The van der Waals surface area contributed by atoms with Crippen LogP contribution >= 0.6 is 11.6 Å².